The Morgan fingerprint density at radius 1 is 0.967 bits per heavy atom. The molecule has 2 aromatic carbocycles. The Kier molecular flexibility index (Phi) is 7.33. The minimum atomic E-state index is -3.40. The summed E-state index contributed by atoms with van der Waals surface area (Å²) in [5.74, 6) is 1.19. The molecule has 1 aliphatic heterocycles. The van der Waals surface area contributed by atoms with Crippen molar-refractivity contribution in [3.63, 3.8) is 0 Å². The van der Waals surface area contributed by atoms with Crippen molar-refractivity contribution in [3.05, 3.63) is 53.6 Å². The lowest BCUT2D eigenvalue weighted by molar-refractivity contribution is -0.121. The first-order valence-electron chi connectivity index (χ1n) is 10.0. The van der Waals surface area contributed by atoms with Gasteiger partial charge in [0.05, 0.1) is 19.1 Å². The molecule has 1 heterocycles. The smallest absolute Gasteiger partial charge is 0.243 e. The molecule has 0 radical (unpaired) electrons. The van der Waals surface area contributed by atoms with Gasteiger partial charge in [0.1, 0.15) is 0 Å². The topological polar surface area (TPSA) is 84.9 Å². The number of sulfonamides is 1. The lowest BCUT2D eigenvalue weighted by Crippen LogP contribution is -2.27. The van der Waals surface area contributed by atoms with Gasteiger partial charge in [0.15, 0.2) is 11.5 Å². The highest BCUT2D eigenvalue weighted by Crippen LogP contribution is 2.27. The number of rotatable bonds is 9. The van der Waals surface area contributed by atoms with E-state index in [1.54, 1.807) is 44.6 Å². The number of hydrogen-bond donors (Lipinski definition) is 1. The fourth-order valence-electron chi connectivity index (χ4n) is 3.44. The molecule has 162 valence electrons. The number of amides is 1. The summed E-state index contributed by atoms with van der Waals surface area (Å²) < 4.78 is 37.1. The zero-order chi connectivity index (χ0) is 21.6. The molecule has 0 aliphatic carbocycles. The summed E-state index contributed by atoms with van der Waals surface area (Å²) in [7, 11) is -0.254. The SMILES string of the molecule is COc1ccc(CNC(=O)CCc2ccc(S(=O)(=O)N3CCCC3)cc2)cc1OC. The number of benzene rings is 2. The number of hydrogen-bond acceptors (Lipinski definition) is 5. The van der Waals surface area contributed by atoms with Crippen LogP contribution < -0.4 is 14.8 Å². The molecule has 30 heavy (non-hydrogen) atoms. The molecule has 0 spiro atoms. The van der Waals surface area contributed by atoms with E-state index in [2.05, 4.69) is 5.32 Å². The van der Waals surface area contributed by atoms with E-state index >= 15 is 0 Å². The Bertz CT molecular complexity index is 968. The summed E-state index contributed by atoms with van der Waals surface area (Å²) in [6, 6.07) is 12.3. The summed E-state index contributed by atoms with van der Waals surface area (Å²) in [4.78, 5) is 12.5. The van der Waals surface area contributed by atoms with Crippen LogP contribution in [0.4, 0.5) is 0 Å². The second-order valence-corrected chi connectivity index (χ2v) is 9.16. The quantitative estimate of drug-likeness (QED) is 0.659. The Balaban J connectivity index is 1.50. The van der Waals surface area contributed by atoms with Crippen molar-refractivity contribution in [1.29, 1.82) is 0 Å². The van der Waals surface area contributed by atoms with Crippen LogP contribution in [0.3, 0.4) is 0 Å². The lowest BCUT2D eigenvalue weighted by Gasteiger charge is -2.15. The predicted molar refractivity (Wildman–Crippen MR) is 114 cm³/mol. The number of nitrogens with zero attached hydrogens (tertiary/aromatic N) is 1. The van der Waals surface area contributed by atoms with Crippen molar-refractivity contribution < 1.29 is 22.7 Å². The first-order chi connectivity index (χ1) is 14.4. The number of aryl methyl sites for hydroxylation is 1. The summed E-state index contributed by atoms with van der Waals surface area (Å²) >= 11 is 0. The molecule has 1 aliphatic rings. The maximum Gasteiger partial charge on any atom is 0.243 e. The normalized spacial score (nSPS) is 14.5. The van der Waals surface area contributed by atoms with Gasteiger partial charge in [0.2, 0.25) is 15.9 Å². The van der Waals surface area contributed by atoms with Gasteiger partial charge in [-0.2, -0.15) is 4.31 Å². The number of carbonyl (C=O) groups excluding carboxylic acids is 1. The van der Waals surface area contributed by atoms with Crippen molar-refractivity contribution in [1.82, 2.24) is 9.62 Å². The van der Waals surface area contributed by atoms with Crippen molar-refractivity contribution in [3.8, 4) is 11.5 Å². The molecule has 2 aromatic rings. The maximum absolute atomic E-state index is 12.6. The van der Waals surface area contributed by atoms with Crippen LogP contribution in [0.2, 0.25) is 0 Å². The molecule has 0 atom stereocenters. The van der Waals surface area contributed by atoms with E-state index in [1.165, 1.54) is 4.31 Å². The van der Waals surface area contributed by atoms with Crippen LogP contribution in [-0.2, 0) is 27.8 Å². The van der Waals surface area contributed by atoms with Gasteiger partial charge >= 0.3 is 0 Å². The minimum absolute atomic E-state index is 0.0708. The van der Waals surface area contributed by atoms with Gasteiger partial charge in [-0.1, -0.05) is 18.2 Å². The third-order valence-electron chi connectivity index (χ3n) is 5.20. The predicted octanol–water partition coefficient (Wildman–Crippen LogP) is 2.74. The molecule has 0 bridgehead atoms. The first-order valence-corrected chi connectivity index (χ1v) is 11.4. The molecule has 0 saturated carbocycles. The van der Waals surface area contributed by atoms with Crippen molar-refractivity contribution >= 4 is 15.9 Å². The Labute approximate surface area is 178 Å². The lowest BCUT2D eigenvalue weighted by atomic mass is 10.1. The van der Waals surface area contributed by atoms with Gasteiger partial charge < -0.3 is 14.8 Å². The van der Waals surface area contributed by atoms with Crippen molar-refractivity contribution in [2.75, 3.05) is 27.3 Å². The van der Waals surface area contributed by atoms with Gasteiger partial charge in [-0.05, 0) is 54.7 Å². The van der Waals surface area contributed by atoms with Crippen molar-refractivity contribution in [2.24, 2.45) is 0 Å². The fraction of sp³-hybridized carbons (Fsp3) is 0.409. The van der Waals surface area contributed by atoms with Crippen molar-refractivity contribution in [2.45, 2.75) is 37.1 Å². The van der Waals surface area contributed by atoms with E-state index in [0.29, 0.717) is 48.9 Å². The molecule has 1 saturated heterocycles. The number of nitrogens with one attached hydrogen (secondary N) is 1. The number of ether oxygens (including phenoxy) is 2. The molecular weight excluding hydrogens is 404 g/mol. The average Bonchev–Trinajstić information content (AvgIpc) is 3.32. The molecule has 1 amide bonds. The highest BCUT2D eigenvalue weighted by Gasteiger charge is 2.26. The van der Waals surface area contributed by atoms with Crippen LogP contribution >= 0.6 is 0 Å². The van der Waals surface area contributed by atoms with Crippen LogP contribution in [0.5, 0.6) is 11.5 Å². The summed E-state index contributed by atoms with van der Waals surface area (Å²) in [5.41, 5.74) is 1.84. The molecule has 3 rings (SSSR count). The van der Waals surface area contributed by atoms with E-state index in [1.807, 2.05) is 12.1 Å². The number of methoxy groups -OCH3 is 2. The molecule has 0 aromatic heterocycles. The van der Waals surface area contributed by atoms with E-state index in [-0.39, 0.29) is 5.91 Å². The zero-order valence-corrected chi connectivity index (χ0v) is 18.2. The van der Waals surface area contributed by atoms with Gasteiger partial charge in [0.25, 0.3) is 0 Å². The van der Waals surface area contributed by atoms with Gasteiger partial charge in [-0.3, -0.25) is 4.79 Å². The van der Waals surface area contributed by atoms with Crippen LogP contribution in [0.1, 0.15) is 30.4 Å². The van der Waals surface area contributed by atoms with Crippen LogP contribution in [-0.4, -0.2) is 45.9 Å². The Morgan fingerprint density at radius 3 is 2.23 bits per heavy atom. The average molecular weight is 433 g/mol. The Hall–Kier alpha value is -2.58. The van der Waals surface area contributed by atoms with Gasteiger partial charge in [0, 0.05) is 26.1 Å². The first kappa shape index (κ1) is 22.1. The molecule has 1 fully saturated rings. The van der Waals surface area contributed by atoms with E-state index in [0.717, 1.165) is 24.0 Å². The molecule has 7 nitrogen and oxygen atoms in total. The van der Waals surface area contributed by atoms with E-state index < -0.39 is 10.0 Å². The third-order valence-corrected chi connectivity index (χ3v) is 7.12. The molecule has 8 heteroatoms. The third kappa shape index (κ3) is 5.31. The largest absolute Gasteiger partial charge is 0.493 e. The second kappa shape index (κ2) is 9.95. The van der Waals surface area contributed by atoms with E-state index in [4.69, 9.17) is 9.47 Å². The zero-order valence-electron chi connectivity index (χ0n) is 17.4. The minimum Gasteiger partial charge on any atom is -0.493 e. The summed E-state index contributed by atoms with van der Waals surface area (Å²) in [6.45, 7) is 1.57. The van der Waals surface area contributed by atoms with Gasteiger partial charge in [-0.25, -0.2) is 8.42 Å². The maximum atomic E-state index is 12.6. The number of carbonyl (C=O) groups is 1. The van der Waals surface area contributed by atoms with Crippen LogP contribution in [0.15, 0.2) is 47.4 Å². The summed E-state index contributed by atoms with van der Waals surface area (Å²) in [5, 5.41) is 2.89. The second-order valence-electron chi connectivity index (χ2n) is 7.22. The highest BCUT2D eigenvalue weighted by atomic mass is 32.2. The Morgan fingerprint density at radius 2 is 1.60 bits per heavy atom. The van der Waals surface area contributed by atoms with Crippen LogP contribution in [0.25, 0.3) is 0 Å². The highest BCUT2D eigenvalue weighted by molar-refractivity contribution is 7.89. The van der Waals surface area contributed by atoms with E-state index in [9.17, 15) is 13.2 Å². The standard InChI is InChI=1S/C22H28N2O5S/c1-28-20-11-7-18(15-21(20)29-2)16-23-22(25)12-8-17-5-9-19(10-6-17)30(26,27)24-13-3-4-14-24/h5-7,9-11,15H,3-4,8,12-14,16H2,1-2H3,(H,23,25). The monoisotopic (exact) mass is 432 g/mol. The summed E-state index contributed by atoms with van der Waals surface area (Å²) in [6.07, 6.45) is 2.69. The molecular formula is C22H28N2O5S. The molecule has 0 unspecified atom stereocenters. The molecule has 1 N–H and O–H groups in total. The van der Waals surface area contributed by atoms with Gasteiger partial charge in [-0.15, -0.1) is 0 Å². The fourth-order valence-corrected chi connectivity index (χ4v) is 4.96. The van der Waals surface area contributed by atoms with Crippen LogP contribution in [0, 0.1) is 0 Å².